The molecule has 5 heteroatoms. The number of aromatic nitrogens is 1. The first-order valence-electron chi connectivity index (χ1n) is 6.05. The van der Waals surface area contributed by atoms with Crippen LogP contribution in [0.4, 0.5) is 0 Å². The van der Waals surface area contributed by atoms with Crippen molar-refractivity contribution < 1.29 is 9.53 Å². The molecule has 0 aliphatic heterocycles. The van der Waals surface area contributed by atoms with Crippen LogP contribution in [-0.2, 0) is 4.74 Å². The van der Waals surface area contributed by atoms with E-state index in [2.05, 4.69) is 10.3 Å². The van der Waals surface area contributed by atoms with Crippen LogP contribution in [0.1, 0.15) is 16.9 Å². The van der Waals surface area contributed by atoms with E-state index in [1.807, 2.05) is 24.3 Å². The van der Waals surface area contributed by atoms with Gasteiger partial charge in [-0.3, -0.25) is 4.79 Å². The summed E-state index contributed by atoms with van der Waals surface area (Å²) in [6, 6.07) is 9.07. The highest BCUT2D eigenvalue weighted by Gasteiger charge is 2.10. The third-order valence-corrected chi connectivity index (χ3v) is 3.02. The zero-order chi connectivity index (χ0) is 13.7. The van der Waals surface area contributed by atoms with Crippen LogP contribution < -0.4 is 5.32 Å². The Morgan fingerprint density at radius 3 is 3.00 bits per heavy atom. The van der Waals surface area contributed by atoms with Crippen LogP contribution in [-0.4, -0.2) is 31.2 Å². The molecule has 0 spiro atoms. The molecule has 4 nitrogen and oxygen atoms in total. The molecule has 0 unspecified atom stereocenters. The van der Waals surface area contributed by atoms with Crippen LogP contribution >= 0.6 is 11.6 Å². The van der Waals surface area contributed by atoms with E-state index in [-0.39, 0.29) is 5.91 Å². The van der Waals surface area contributed by atoms with Crippen LogP contribution in [0.2, 0.25) is 5.02 Å². The average molecular weight is 279 g/mol. The van der Waals surface area contributed by atoms with Crippen molar-refractivity contribution in [3.05, 3.63) is 41.0 Å². The molecule has 0 saturated carbocycles. The number of pyridine rings is 1. The molecule has 1 amide bonds. The molecule has 0 fully saturated rings. The van der Waals surface area contributed by atoms with Crippen molar-refractivity contribution in [2.75, 3.05) is 20.3 Å². The molecular formula is C14H15ClN2O2. The molecule has 0 bridgehead atoms. The third kappa shape index (κ3) is 3.43. The fraction of sp³-hybridized carbons (Fsp3) is 0.286. The lowest BCUT2D eigenvalue weighted by molar-refractivity contribution is 0.0944. The number of para-hydroxylation sites is 1. The molecular weight excluding hydrogens is 264 g/mol. The molecule has 1 N–H and O–H groups in total. The molecule has 19 heavy (non-hydrogen) atoms. The zero-order valence-corrected chi connectivity index (χ0v) is 11.4. The first-order chi connectivity index (χ1) is 9.22. The summed E-state index contributed by atoms with van der Waals surface area (Å²) in [5, 5.41) is 4.17. The summed E-state index contributed by atoms with van der Waals surface area (Å²) in [7, 11) is 1.63. The summed E-state index contributed by atoms with van der Waals surface area (Å²) in [4.78, 5) is 16.2. The van der Waals surface area contributed by atoms with E-state index in [1.54, 1.807) is 13.2 Å². The van der Waals surface area contributed by atoms with Crippen LogP contribution in [0.5, 0.6) is 0 Å². The van der Waals surface area contributed by atoms with Gasteiger partial charge in [0, 0.05) is 25.6 Å². The van der Waals surface area contributed by atoms with E-state index in [9.17, 15) is 4.79 Å². The van der Waals surface area contributed by atoms with Gasteiger partial charge in [0.15, 0.2) is 0 Å². The molecule has 1 aromatic carbocycles. The number of nitrogens with zero attached hydrogens (tertiary/aromatic N) is 1. The van der Waals surface area contributed by atoms with Crippen LogP contribution in [0.25, 0.3) is 10.9 Å². The van der Waals surface area contributed by atoms with Crippen molar-refractivity contribution >= 4 is 28.4 Å². The quantitative estimate of drug-likeness (QED) is 0.856. The van der Waals surface area contributed by atoms with Crippen molar-refractivity contribution in [3.63, 3.8) is 0 Å². The summed E-state index contributed by atoms with van der Waals surface area (Å²) in [5.74, 6) is -0.219. The number of methoxy groups -OCH3 is 1. The summed E-state index contributed by atoms with van der Waals surface area (Å²) < 4.78 is 4.92. The Kier molecular flexibility index (Phi) is 4.71. The van der Waals surface area contributed by atoms with Gasteiger partial charge in [0.25, 0.3) is 5.91 Å². The highest BCUT2D eigenvalue weighted by atomic mass is 35.5. The molecule has 0 atom stereocenters. The van der Waals surface area contributed by atoms with Gasteiger partial charge in [-0.05, 0) is 18.6 Å². The van der Waals surface area contributed by atoms with Gasteiger partial charge in [0.1, 0.15) is 5.69 Å². The molecule has 2 aromatic rings. The maximum absolute atomic E-state index is 11.9. The fourth-order valence-corrected chi connectivity index (χ4v) is 2.02. The predicted octanol–water partition coefficient (Wildman–Crippen LogP) is 2.65. The Labute approximate surface area is 116 Å². The number of ether oxygens (including phenoxy) is 1. The van der Waals surface area contributed by atoms with Gasteiger partial charge in [0.05, 0.1) is 10.5 Å². The highest BCUT2D eigenvalue weighted by molar-refractivity contribution is 6.35. The van der Waals surface area contributed by atoms with Crippen molar-refractivity contribution in [2.45, 2.75) is 6.42 Å². The SMILES string of the molecule is COCCCNC(=O)c1cc(Cl)c2ccccc2n1. The molecule has 2 rings (SSSR count). The lowest BCUT2D eigenvalue weighted by Gasteiger charge is -2.06. The molecule has 100 valence electrons. The summed E-state index contributed by atoms with van der Waals surface area (Å²) in [6.07, 6.45) is 0.767. The number of carbonyl (C=O) groups is 1. The zero-order valence-electron chi connectivity index (χ0n) is 10.6. The number of carbonyl (C=O) groups excluding carboxylic acids is 1. The number of rotatable bonds is 5. The largest absolute Gasteiger partial charge is 0.385 e. The Morgan fingerprint density at radius 2 is 2.21 bits per heavy atom. The minimum absolute atomic E-state index is 0.219. The van der Waals surface area contributed by atoms with Crippen molar-refractivity contribution in [1.82, 2.24) is 10.3 Å². The predicted molar refractivity (Wildman–Crippen MR) is 75.6 cm³/mol. The molecule has 1 aromatic heterocycles. The van der Waals surface area contributed by atoms with Crippen molar-refractivity contribution in [2.24, 2.45) is 0 Å². The van der Waals surface area contributed by atoms with Crippen LogP contribution in [0, 0.1) is 0 Å². The number of nitrogens with one attached hydrogen (secondary N) is 1. The Hall–Kier alpha value is -1.65. The van der Waals surface area contributed by atoms with E-state index in [0.29, 0.717) is 23.9 Å². The monoisotopic (exact) mass is 278 g/mol. The van der Waals surface area contributed by atoms with Gasteiger partial charge in [-0.2, -0.15) is 0 Å². The second kappa shape index (κ2) is 6.50. The first kappa shape index (κ1) is 13.8. The fourth-order valence-electron chi connectivity index (χ4n) is 1.76. The molecule has 0 saturated heterocycles. The number of benzene rings is 1. The van der Waals surface area contributed by atoms with Crippen LogP contribution in [0.15, 0.2) is 30.3 Å². The average Bonchev–Trinajstić information content (AvgIpc) is 2.43. The summed E-state index contributed by atoms with van der Waals surface area (Å²) in [5.41, 5.74) is 1.05. The highest BCUT2D eigenvalue weighted by Crippen LogP contribution is 2.22. The van der Waals surface area contributed by atoms with Crippen LogP contribution in [0.3, 0.4) is 0 Å². The topological polar surface area (TPSA) is 51.2 Å². The third-order valence-electron chi connectivity index (χ3n) is 2.71. The number of fused-ring (bicyclic) bond motifs is 1. The van der Waals surface area contributed by atoms with E-state index < -0.39 is 0 Å². The van der Waals surface area contributed by atoms with Gasteiger partial charge >= 0.3 is 0 Å². The van der Waals surface area contributed by atoms with Gasteiger partial charge < -0.3 is 10.1 Å². The summed E-state index contributed by atoms with van der Waals surface area (Å²) >= 11 is 6.15. The second-order valence-corrected chi connectivity index (χ2v) is 4.52. The van der Waals surface area contributed by atoms with E-state index >= 15 is 0 Å². The van der Waals surface area contributed by atoms with E-state index in [1.165, 1.54) is 0 Å². The number of halogens is 1. The maximum Gasteiger partial charge on any atom is 0.269 e. The van der Waals surface area contributed by atoms with Gasteiger partial charge in [-0.25, -0.2) is 4.98 Å². The van der Waals surface area contributed by atoms with Gasteiger partial charge in [-0.15, -0.1) is 0 Å². The molecule has 1 heterocycles. The first-order valence-corrected chi connectivity index (χ1v) is 6.42. The Balaban J connectivity index is 2.14. The lowest BCUT2D eigenvalue weighted by Crippen LogP contribution is -2.26. The molecule has 0 aliphatic rings. The van der Waals surface area contributed by atoms with Crippen molar-refractivity contribution in [1.29, 1.82) is 0 Å². The normalized spacial score (nSPS) is 10.6. The Morgan fingerprint density at radius 1 is 1.42 bits per heavy atom. The number of hydrogen-bond acceptors (Lipinski definition) is 3. The molecule has 0 aliphatic carbocycles. The van der Waals surface area contributed by atoms with E-state index in [4.69, 9.17) is 16.3 Å². The summed E-state index contributed by atoms with van der Waals surface area (Å²) in [6.45, 7) is 1.17. The molecule has 0 radical (unpaired) electrons. The minimum atomic E-state index is -0.219. The Bertz CT molecular complexity index is 587. The van der Waals surface area contributed by atoms with E-state index in [0.717, 1.165) is 17.3 Å². The van der Waals surface area contributed by atoms with Gasteiger partial charge in [-0.1, -0.05) is 29.8 Å². The smallest absolute Gasteiger partial charge is 0.269 e. The maximum atomic E-state index is 11.9. The number of amides is 1. The number of hydrogen-bond donors (Lipinski definition) is 1. The second-order valence-electron chi connectivity index (χ2n) is 4.11. The minimum Gasteiger partial charge on any atom is -0.385 e. The van der Waals surface area contributed by atoms with Crippen molar-refractivity contribution in [3.8, 4) is 0 Å². The lowest BCUT2D eigenvalue weighted by atomic mass is 10.2. The standard InChI is InChI=1S/C14H15ClN2O2/c1-19-8-4-7-16-14(18)13-9-11(15)10-5-2-3-6-12(10)17-13/h2-3,5-6,9H,4,7-8H2,1H3,(H,16,18). The van der Waals surface area contributed by atoms with Gasteiger partial charge in [0.2, 0.25) is 0 Å².